The third-order valence-corrected chi connectivity index (χ3v) is 4.61. The Morgan fingerprint density at radius 3 is 2.32 bits per heavy atom. The van der Waals surface area contributed by atoms with E-state index >= 15 is 0 Å². The van der Waals surface area contributed by atoms with E-state index in [0.29, 0.717) is 5.02 Å². The molecule has 0 radical (unpaired) electrons. The summed E-state index contributed by atoms with van der Waals surface area (Å²) < 4.78 is 29.3. The van der Waals surface area contributed by atoms with Gasteiger partial charge in [0.2, 0.25) is 0 Å². The molecule has 0 aliphatic carbocycles. The van der Waals surface area contributed by atoms with Crippen LogP contribution in [0.4, 0.5) is 0 Å². The smallest absolute Gasteiger partial charge is 0.339 e. The van der Waals surface area contributed by atoms with Crippen LogP contribution in [0.2, 0.25) is 5.02 Å². The summed E-state index contributed by atoms with van der Waals surface area (Å²) in [4.78, 5) is 24.6. The van der Waals surface area contributed by atoms with E-state index in [1.54, 1.807) is 0 Å². The van der Waals surface area contributed by atoms with Crippen molar-refractivity contribution in [1.29, 1.82) is 0 Å². The fraction of sp³-hybridized carbons (Fsp3) is 0.0667. The highest BCUT2D eigenvalue weighted by Gasteiger charge is 2.20. The van der Waals surface area contributed by atoms with Crippen LogP contribution in [0, 0.1) is 0 Å². The summed E-state index contributed by atoms with van der Waals surface area (Å²) in [5.74, 6) is -2.04. The quantitative estimate of drug-likeness (QED) is 0.651. The van der Waals surface area contributed by atoms with Crippen LogP contribution in [0.3, 0.4) is 0 Å². The van der Waals surface area contributed by atoms with Gasteiger partial charge in [-0.15, -0.1) is 4.83 Å². The molecule has 0 aliphatic heterocycles. The van der Waals surface area contributed by atoms with E-state index < -0.39 is 21.9 Å². The number of hydrogen-bond acceptors (Lipinski definition) is 5. The van der Waals surface area contributed by atoms with Crippen LogP contribution in [0.15, 0.2) is 47.4 Å². The van der Waals surface area contributed by atoms with E-state index in [4.69, 9.17) is 21.4 Å². The number of carboxylic acids is 1. The number of benzene rings is 2. The van der Waals surface area contributed by atoms with E-state index in [2.05, 4.69) is 0 Å². The maximum atomic E-state index is 12.2. The lowest BCUT2D eigenvalue weighted by Crippen LogP contribution is -2.41. The van der Waals surface area contributed by atoms with Crippen molar-refractivity contribution in [2.24, 2.45) is 0 Å². The molecule has 0 unspecified atom stereocenters. The van der Waals surface area contributed by atoms with Gasteiger partial charge >= 0.3 is 5.97 Å². The van der Waals surface area contributed by atoms with E-state index in [1.165, 1.54) is 37.4 Å². The van der Waals surface area contributed by atoms with Crippen molar-refractivity contribution in [3.05, 3.63) is 58.6 Å². The molecule has 0 bridgehead atoms. The average Bonchev–Trinajstić information content (AvgIpc) is 2.59. The molecular formula is C15H13ClN2O6S. The number of sulfonamides is 1. The number of carbonyl (C=O) groups excluding carboxylic acids is 1. The number of halogens is 1. The van der Waals surface area contributed by atoms with Crippen molar-refractivity contribution < 1.29 is 27.9 Å². The Labute approximate surface area is 148 Å². The van der Waals surface area contributed by atoms with Gasteiger partial charge in [0.1, 0.15) is 11.3 Å². The maximum Gasteiger partial charge on any atom is 0.339 e. The Hall–Kier alpha value is -2.62. The van der Waals surface area contributed by atoms with Gasteiger partial charge in [-0.3, -0.25) is 10.2 Å². The molecule has 25 heavy (non-hydrogen) atoms. The molecule has 10 heteroatoms. The number of hydrazine groups is 1. The molecule has 8 nitrogen and oxygen atoms in total. The van der Waals surface area contributed by atoms with Crippen molar-refractivity contribution >= 4 is 33.5 Å². The topological polar surface area (TPSA) is 122 Å². The summed E-state index contributed by atoms with van der Waals surface area (Å²) in [5, 5.41) is 9.53. The minimum Gasteiger partial charge on any atom is -0.496 e. The first-order valence-corrected chi connectivity index (χ1v) is 8.60. The van der Waals surface area contributed by atoms with Gasteiger partial charge in [-0.05, 0) is 42.5 Å². The van der Waals surface area contributed by atoms with Crippen molar-refractivity contribution in [1.82, 2.24) is 10.3 Å². The van der Waals surface area contributed by atoms with Gasteiger partial charge in [0.15, 0.2) is 0 Å². The molecule has 0 saturated carbocycles. The number of rotatable bonds is 6. The molecule has 0 heterocycles. The number of aromatic carboxylic acids is 1. The third kappa shape index (κ3) is 4.47. The number of carboxylic acid groups (broad SMARTS) is 1. The maximum absolute atomic E-state index is 12.2. The van der Waals surface area contributed by atoms with Gasteiger partial charge in [-0.25, -0.2) is 13.2 Å². The number of ether oxygens (including phenoxy) is 1. The average molecular weight is 385 g/mol. The van der Waals surface area contributed by atoms with Crippen molar-refractivity contribution in [2.75, 3.05) is 7.11 Å². The van der Waals surface area contributed by atoms with E-state index in [1.807, 2.05) is 10.3 Å². The van der Waals surface area contributed by atoms with Crippen LogP contribution in [0.5, 0.6) is 5.75 Å². The fourth-order valence-electron chi connectivity index (χ4n) is 1.87. The molecule has 0 saturated heterocycles. The van der Waals surface area contributed by atoms with Gasteiger partial charge < -0.3 is 9.84 Å². The van der Waals surface area contributed by atoms with Crippen molar-refractivity contribution in [3.8, 4) is 5.75 Å². The van der Waals surface area contributed by atoms with Crippen molar-refractivity contribution in [3.63, 3.8) is 0 Å². The first-order chi connectivity index (χ1) is 11.7. The predicted octanol–water partition coefficient (Wildman–Crippen LogP) is 1.67. The monoisotopic (exact) mass is 384 g/mol. The van der Waals surface area contributed by atoms with Gasteiger partial charge in [0.25, 0.3) is 15.9 Å². The molecule has 2 rings (SSSR count). The Kier molecular flexibility index (Phi) is 5.62. The number of hydrogen-bond donors (Lipinski definition) is 3. The second-order valence-electron chi connectivity index (χ2n) is 4.73. The van der Waals surface area contributed by atoms with Crippen LogP contribution in [0.1, 0.15) is 20.7 Å². The highest BCUT2D eigenvalue weighted by atomic mass is 35.5. The number of amides is 1. The second kappa shape index (κ2) is 7.51. The lowest BCUT2D eigenvalue weighted by molar-refractivity contribution is 0.0692. The van der Waals surface area contributed by atoms with Gasteiger partial charge in [-0.1, -0.05) is 11.6 Å². The largest absolute Gasteiger partial charge is 0.496 e. The SMILES string of the molecule is COc1ccc(S(=O)(=O)NNC(=O)c2ccc(Cl)cc2)cc1C(=O)O. The molecule has 0 fully saturated rings. The minimum absolute atomic E-state index is 0.0108. The highest BCUT2D eigenvalue weighted by molar-refractivity contribution is 7.89. The fourth-order valence-corrected chi connectivity index (χ4v) is 2.86. The summed E-state index contributed by atoms with van der Waals surface area (Å²) in [6, 6.07) is 9.09. The van der Waals surface area contributed by atoms with Gasteiger partial charge in [0, 0.05) is 10.6 Å². The number of carbonyl (C=O) groups is 2. The molecule has 1 amide bonds. The summed E-state index contributed by atoms with van der Waals surface area (Å²) in [7, 11) is -2.91. The Bertz CT molecular complexity index is 912. The zero-order valence-electron chi connectivity index (χ0n) is 12.8. The summed E-state index contributed by atoms with van der Waals surface area (Å²) in [6.45, 7) is 0. The van der Waals surface area contributed by atoms with Crippen LogP contribution in [0.25, 0.3) is 0 Å². The van der Waals surface area contributed by atoms with Gasteiger partial charge in [-0.2, -0.15) is 0 Å². The van der Waals surface area contributed by atoms with E-state index in [-0.39, 0.29) is 21.8 Å². The molecule has 0 atom stereocenters. The molecule has 0 aromatic heterocycles. The number of nitrogens with one attached hydrogen (secondary N) is 2. The third-order valence-electron chi connectivity index (χ3n) is 3.12. The molecule has 132 valence electrons. The first kappa shape index (κ1) is 18.7. The van der Waals surface area contributed by atoms with Crippen molar-refractivity contribution in [2.45, 2.75) is 4.90 Å². The van der Waals surface area contributed by atoms with Crippen LogP contribution >= 0.6 is 11.6 Å². The Balaban J connectivity index is 2.19. The molecule has 2 aromatic rings. The normalized spacial score (nSPS) is 11.0. The zero-order valence-corrected chi connectivity index (χ0v) is 14.4. The molecular weight excluding hydrogens is 372 g/mol. The number of methoxy groups -OCH3 is 1. The van der Waals surface area contributed by atoms with E-state index in [0.717, 1.165) is 12.1 Å². The lowest BCUT2D eigenvalue weighted by atomic mass is 10.2. The van der Waals surface area contributed by atoms with Gasteiger partial charge in [0.05, 0.1) is 12.0 Å². The predicted molar refractivity (Wildman–Crippen MR) is 89.2 cm³/mol. The van der Waals surface area contributed by atoms with Crippen LogP contribution in [-0.2, 0) is 10.0 Å². The Morgan fingerprint density at radius 1 is 1.12 bits per heavy atom. The first-order valence-electron chi connectivity index (χ1n) is 6.73. The molecule has 2 aromatic carbocycles. The zero-order chi connectivity index (χ0) is 18.6. The minimum atomic E-state index is -4.18. The molecule has 3 N–H and O–H groups in total. The molecule has 0 spiro atoms. The van der Waals surface area contributed by atoms with Crippen LogP contribution < -0.4 is 15.0 Å². The molecule has 0 aliphatic rings. The second-order valence-corrected chi connectivity index (χ2v) is 6.85. The lowest BCUT2D eigenvalue weighted by Gasteiger charge is -2.10. The summed E-state index contributed by atoms with van der Waals surface area (Å²) in [5.41, 5.74) is 1.90. The summed E-state index contributed by atoms with van der Waals surface area (Å²) >= 11 is 5.71. The Morgan fingerprint density at radius 2 is 1.76 bits per heavy atom. The highest BCUT2D eigenvalue weighted by Crippen LogP contribution is 2.22. The standard InChI is InChI=1S/C15H13ClN2O6S/c1-24-13-7-6-11(8-12(13)15(20)21)25(22,23)18-17-14(19)9-2-4-10(16)5-3-9/h2-8,18H,1H3,(H,17,19)(H,20,21). The van der Waals surface area contributed by atoms with Crippen LogP contribution in [-0.4, -0.2) is 32.5 Å². The van der Waals surface area contributed by atoms with E-state index in [9.17, 15) is 18.0 Å². The summed E-state index contributed by atoms with van der Waals surface area (Å²) in [6.07, 6.45) is 0.